The molecule has 2 rings (SSSR count). The monoisotopic (exact) mass is 359 g/mol. The lowest BCUT2D eigenvalue weighted by Gasteiger charge is -2.09. The highest BCUT2D eigenvalue weighted by Crippen LogP contribution is 2.28. The van der Waals surface area contributed by atoms with Crippen molar-refractivity contribution in [2.24, 2.45) is 21.5 Å². The van der Waals surface area contributed by atoms with Crippen LogP contribution in [0.1, 0.15) is 6.42 Å². The molecule has 1 aliphatic rings. The molecular weight excluding hydrogens is 349 g/mol. The maximum Gasteiger partial charge on any atom is 0.262 e. The van der Waals surface area contributed by atoms with Gasteiger partial charge in [-0.2, -0.15) is 9.98 Å². The number of amidine groups is 1. The summed E-state index contributed by atoms with van der Waals surface area (Å²) in [5, 5.41) is 2.86. The van der Waals surface area contributed by atoms with Gasteiger partial charge in [0, 0.05) is 11.4 Å². The fraction of sp³-hybridized carbons (Fsp3) is 0.167. The molecule has 10 heteroatoms. The van der Waals surface area contributed by atoms with Crippen LogP contribution < -0.4 is 16.8 Å². The van der Waals surface area contributed by atoms with Crippen molar-refractivity contribution in [3.05, 3.63) is 28.2 Å². The molecule has 0 saturated carbocycles. The van der Waals surface area contributed by atoms with Crippen LogP contribution in [0.25, 0.3) is 0 Å². The van der Waals surface area contributed by atoms with Gasteiger partial charge < -0.3 is 16.8 Å². The number of nitrogens with two attached hydrogens (primary N) is 2. The summed E-state index contributed by atoms with van der Waals surface area (Å²) in [6.45, 7) is 0. The lowest BCUT2D eigenvalue weighted by atomic mass is 10.2. The molecule has 0 aromatic heterocycles. The molecule has 2 amide bonds. The number of amides is 2. The molecule has 0 unspecified atom stereocenters. The van der Waals surface area contributed by atoms with Crippen molar-refractivity contribution in [2.75, 3.05) is 5.32 Å². The molecular formula is C12H11Cl2N5O2S. The minimum atomic E-state index is -0.663. The van der Waals surface area contributed by atoms with E-state index >= 15 is 0 Å². The minimum absolute atomic E-state index is 0.0740. The summed E-state index contributed by atoms with van der Waals surface area (Å²) in [4.78, 5) is 31.0. The molecule has 1 atom stereocenters. The zero-order chi connectivity index (χ0) is 16.3. The zero-order valence-corrected chi connectivity index (χ0v) is 13.4. The van der Waals surface area contributed by atoms with Crippen molar-refractivity contribution < 1.29 is 9.59 Å². The van der Waals surface area contributed by atoms with E-state index in [0.29, 0.717) is 15.7 Å². The highest BCUT2D eigenvalue weighted by Gasteiger charge is 2.30. The van der Waals surface area contributed by atoms with Crippen LogP contribution in [0.2, 0.25) is 10.0 Å². The van der Waals surface area contributed by atoms with Crippen LogP contribution >= 0.6 is 35.0 Å². The van der Waals surface area contributed by atoms with Gasteiger partial charge in [0.05, 0.1) is 10.7 Å². The Morgan fingerprint density at radius 1 is 1.41 bits per heavy atom. The molecule has 1 aromatic rings. The zero-order valence-electron chi connectivity index (χ0n) is 11.0. The van der Waals surface area contributed by atoms with Crippen LogP contribution in [-0.2, 0) is 9.59 Å². The van der Waals surface area contributed by atoms with Crippen molar-refractivity contribution >= 4 is 63.6 Å². The number of nitrogens with zero attached hydrogens (tertiary/aromatic N) is 2. The number of nitrogens with one attached hydrogen (secondary N) is 1. The summed E-state index contributed by atoms with van der Waals surface area (Å²) in [7, 11) is 0. The van der Waals surface area contributed by atoms with Gasteiger partial charge in [0.25, 0.3) is 5.91 Å². The predicted molar refractivity (Wildman–Crippen MR) is 89.3 cm³/mol. The number of benzene rings is 1. The quantitative estimate of drug-likeness (QED) is 0.558. The van der Waals surface area contributed by atoms with Crippen LogP contribution in [0, 0.1) is 0 Å². The molecule has 0 bridgehead atoms. The highest BCUT2D eigenvalue weighted by atomic mass is 35.5. The van der Waals surface area contributed by atoms with E-state index in [4.69, 9.17) is 34.7 Å². The summed E-state index contributed by atoms with van der Waals surface area (Å²) >= 11 is 12.8. The molecule has 0 spiro atoms. The number of guanidine groups is 1. The van der Waals surface area contributed by atoms with E-state index in [2.05, 4.69) is 15.3 Å². The van der Waals surface area contributed by atoms with Gasteiger partial charge in [0.1, 0.15) is 5.25 Å². The highest BCUT2D eigenvalue weighted by molar-refractivity contribution is 8.15. The van der Waals surface area contributed by atoms with Gasteiger partial charge in [0.15, 0.2) is 11.1 Å². The van der Waals surface area contributed by atoms with E-state index < -0.39 is 11.2 Å². The number of rotatable bonds is 3. The van der Waals surface area contributed by atoms with E-state index in [-0.39, 0.29) is 23.5 Å². The number of thioether (sulfide) groups is 1. The van der Waals surface area contributed by atoms with Crippen molar-refractivity contribution in [2.45, 2.75) is 11.7 Å². The smallest absolute Gasteiger partial charge is 0.262 e. The number of aliphatic imine (C=N–C) groups is 2. The fourth-order valence-electron chi connectivity index (χ4n) is 1.62. The normalized spacial score (nSPS) is 17.1. The molecule has 116 valence electrons. The average Bonchev–Trinajstić information content (AvgIpc) is 2.72. The first-order valence-corrected chi connectivity index (χ1v) is 7.62. The summed E-state index contributed by atoms with van der Waals surface area (Å²) in [5.74, 6) is -1.03. The maximum absolute atomic E-state index is 12.0. The topological polar surface area (TPSA) is 123 Å². The van der Waals surface area contributed by atoms with Crippen molar-refractivity contribution in [1.82, 2.24) is 0 Å². The molecule has 0 aliphatic carbocycles. The number of hydrogen-bond acceptors (Lipinski definition) is 4. The van der Waals surface area contributed by atoms with Crippen LogP contribution in [0.3, 0.4) is 0 Å². The van der Waals surface area contributed by atoms with Crippen LogP contribution in [0.15, 0.2) is 28.2 Å². The molecule has 0 fully saturated rings. The number of anilines is 1. The first-order valence-electron chi connectivity index (χ1n) is 5.99. The maximum atomic E-state index is 12.0. The summed E-state index contributed by atoms with van der Waals surface area (Å²) in [6, 6.07) is 4.68. The molecule has 1 aliphatic heterocycles. The number of carbonyl (C=O) groups is 2. The predicted octanol–water partition coefficient (Wildman–Crippen LogP) is 1.59. The number of carbonyl (C=O) groups excluding carboxylic acids is 2. The first kappa shape index (κ1) is 16.6. The standard InChI is InChI=1S/C12H11Cl2N5O2S/c13-5-1-2-7(6(14)3-5)17-9(20)4-8-10(21)18-12(22-8)19-11(15)16/h1-3,8H,4H2,(H,17,20)(H4,15,16,18,19,21)/t8-/m0/s1. The summed E-state index contributed by atoms with van der Waals surface area (Å²) in [6.07, 6.45) is -0.0740. The van der Waals surface area contributed by atoms with Gasteiger partial charge in [0.2, 0.25) is 5.91 Å². The Morgan fingerprint density at radius 2 is 2.14 bits per heavy atom. The van der Waals surface area contributed by atoms with E-state index in [0.717, 1.165) is 11.8 Å². The van der Waals surface area contributed by atoms with Gasteiger partial charge in [-0.25, -0.2) is 0 Å². The van der Waals surface area contributed by atoms with E-state index in [1.165, 1.54) is 6.07 Å². The van der Waals surface area contributed by atoms with Gasteiger partial charge in [-0.1, -0.05) is 35.0 Å². The van der Waals surface area contributed by atoms with Gasteiger partial charge in [-0.05, 0) is 18.2 Å². The van der Waals surface area contributed by atoms with Crippen molar-refractivity contribution in [3.8, 4) is 0 Å². The third-order valence-electron chi connectivity index (χ3n) is 2.53. The Balaban J connectivity index is 1.96. The van der Waals surface area contributed by atoms with Crippen molar-refractivity contribution in [3.63, 3.8) is 0 Å². The van der Waals surface area contributed by atoms with Gasteiger partial charge >= 0.3 is 0 Å². The van der Waals surface area contributed by atoms with Crippen LogP contribution in [-0.4, -0.2) is 28.2 Å². The number of hydrogen-bond donors (Lipinski definition) is 3. The Labute approximate surface area is 140 Å². The van der Waals surface area contributed by atoms with Crippen LogP contribution in [0.4, 0.5) is 5.69 Å². The first-order chi connectivity index (χ1) is 10.3. The molecule has 5 N–H and O–H groups in total. The van der Waals surface area contributed by atoms with Gasteiger partial charge in [-0.15, -0.1) is 0 Å². The second-order valence-electron chi connectivity index (χ2n) is 4.25. The molecule has 1 aromatic carbocycles. The minimum Gasteiger partial charge on any atom is -0.370 e. The second kappa shape index (κ2) is 6.99. The van der Waals surface area contributed by atoms with Crippen LogP contribution in [0.5, 0.6) is 0 Å². The molecule has 0 radical (unpaired) electrons. The van der Waals surface area contributed by atoms with E-state index in [1.54, 1.807) is 12.1 Å². The Morgan fingerprint density at radius 3 is 2.77 bits per heavy atom. The lowest BCUT2D eigenvalue weighted by Crippen LogP contribution is -2.23. The lowest BCUT2D eigenvalue weighted by molar-refractivity contribution is -0.121. The van der Waals surface area contributed by atoms with Crippen molar-refractivity contribution in [1.29, 1.82) is 0 Å². The summed E-state index contributed by atoms with van der Waals surface area (Å²) in [5.41, 5.74) is 10.8. The SMILES string of the molecule is NC(N)=NC1=NC(=O)[C@H](CC(=O)Nc2ccc(Cl)cc2Cl)S1. The molecule has 1 heterocycles. The van der Waals surface area contributed by atoms with E-state index in [1.807, 2.05) is 0 Å². The van der Waals surface area contributed by atoms with Gasteiger partial charge in [-0.3, -0.25) is 9.59 Å². The third-order valence-corrected chi connectivity index (χ3v) is 4.12. The Bertz CT molecular complexity index is 688. The fourth-order valence-corrected chi connectivity index (χ4v) is 3.02. The average molecular weight is 360 g/mol. The molecule has 0 saturated heterocycles. The Hall–Kier alpha value is -1.77. The second-order valence-corrected chi connectivity index (χ2v) is 6.27. The Kier molecular flexibility index (Phi) is 5.28. The molecule has 7 nitrogen and oxygen atoms in total. The summed E-state index contributed by atoms with van der Waals surface area (Å²) < 4.78 is 0. The third kappa shape index (κ3) is 4.36. The number of halogens is 2. The largest absolute Gasteiger partial charge is 0.370 e. The van der Waals surface area contributed by atoms with E-state index in [9.17, 15) is 9.59 Å². The molecule has 22 heavy (non-hydrogen) atoms.